The normalized spacial score (nSPS) is 11.3. The summed E-state index contributed by atoms with van der Waals surface area (Å²) in [6.45, 7) is 7.52. The summed E-state index contributed by atoms with van der Waals surface area (Å²) in [5.74, 6) is -0.918. The maximum atomic E-state index is 14.1. The molecule has 0 saturated heterocycles. The molecule has 0 atom stereocenters. The molecular weight excluding hydrogens is 709 g/mol. The zero-order valence-corrected chi connectivity index (χ0v) is 27.7. The van der Waals surface area contributed by atoms with Crippen molar-refractivity contribution < 1.29 is 28.2 Å². The first-order valence-electron chi connectivity index (χ1n) is 12.6. The fraction of sp³-hybridized carbons (Fsp3) is 0.444. The van der Waals surface area contributed by atoms with E-state index in [1.165, 1.54) is 29.4 Å². The quantitative estimate of drug-likeness (QED) is 0.114. The third-order valence-corrected chi connectivity index (χ3v) is 8.13. The Bertz CT molecular complexity index is 1400. The number of thiazole rings is 1. The van der Waals surface area contributed by atoms with Crippen LogP contribution in [0.5, 0.6) is 5.75 Å². The Morgan fingerprint density at radius 1 is 1.12 bits per heavy atom. The predicted octanol–water partition coefficient (Wildman–Crippen LogP) is 7.46. The van der Waals surface area contributed by atoms with Crippen molar-refractivity contribution >= 4 is 74.3 Å². The second-order valence-electron chi connectivity index (χ2n) is 9.91. The number of rotatable bonds is 11. The van der Waals surface area contributed by atoms with E-state index >= 15 is 0 Å². The van der Waals surface area contributed by atoms with Crippen LogP contribution >= 0.6 is 57.1 Å². The lowest BCUT2D eigenvalue weighted by atomic mass is 10.1. The van der Waals surface area contributed by atoms with Crippen molar-refractivity contribution in [2.45, 2.75) is 59.0 Å². The number of carbonyl (C=O) groups excluding carboxylic acids is 2. The maximum absolute atomic E-state index is 14.1. The van der Waals surface area contributed by atoms with E-state index in [0.29, 0.717) is 36.1 Å². The number of carbonyl (C=O) groups is 2. The van der Waals surface area contributed by atoms with Crippen LogP contribution in [-0.2, 0) is 22.3 Å². The molecule has 0 unspecified atom stereocenters. The number of esters is 1. The average molecular weight is 739 g/mol. The smallest absolute Gasteiger partial charge is 0.416 e. The fourth-order valence-electron chi connectivity index (χ4n) is 3.68. The third-order valence-electron chi connectivity index (χ3n) is 5.65. The number of hydrogen-bond donors (Lipinski definition) is 0. The molecule has 2 heterocycles. The summed E-state index contributed by atoms with van der Waals surface area (Å²) in [7, 11) is 1.26. The Kier molecular flexibility index (Phi) is 11.9. The zero-order valence-electron chi connectivity index (χ0n) is 23.2. The minimum absolute atomic E-state index is 0.102. The number of ether oxygens (including phenoxy) is 3. The van der Waals surface area contributed by atoms with Gasteiger partial charge in [-0.3, -0.25) is 4.90 Å². The maximum Gasteiger partial charge on any atom is 0.416 e. The standard InChI is InChI=1S/C27H30Cl2FIN4O5S/c1-15-17(23(29)34-33-22(15)28)8-6-12-35(26(37)40-27(2,3)4)25-32-21(24(36)38-5)20(41-25)9-7-13-39-19-11-10-16(31)14-18(19)30/h10-11,14H,6-9,12-13H2,1-5H3. The zero-order chi connectivity index (χ0) is 30.3. The van der Waals surface area contributed by atoms with Crippen LogP contribution in [0, 0.1) is 16.3 Å². The van der Waals surface area contributed by atoms with Gasteiger partial charge in [0.2, 0.25) is 0 Å². The molecule has 0 aliphatic rings. The number of benzene rings is 1. The van der Waals surface area contributed by atoms with Gasteiger partial charge in [0.15, 0.2) is 32.7 Å². The Balaban J connectivity index is 1.80. The number of nitrogens with zero attached hydrogens (tertiary/aromatic N) is 4. The number of hydrogen-bond acceptors (Lipinski definition) is 9. The monoisotopic (exact) mass is 738 g/mol. The van der Waals surface area contributed by atoms with Crippen molar-refractivity contribution in [3.05, 3.63) is 59.6 Å². The fourth-order valence-corrected chi connectivity index (χ4v) is 5.66. The molecule has 0 bridgehead atoms. The number of aromatic nitrogens is 3. The van der Waals surface area contributed by atoms with Gasteiger partial charge in [-0.1, -0.05) is 23.2 Å². The van der Waals surface area contributed by atoms with Gasteiger partial charge < -0.3 is 14.2 Å². The van der Waals surface area contributed by atoms with E-state index in [9.17, 15) is 14.0 Å². The molecule has 0 N–H and O–H groups in total. The molecule has 1 amide bonds. The van der Waals surface area contributed by atoms with Gasteiger partial charge in [0, 0.05) is 15.0 Å². The molecular formula is C27H30Cl2FIN4O5S. The topological polar surface area (TPSA) is 104 Å². The van der Waals surface area contributed by atoms with Crippen LogP contribution in [0.4, 0.5) is 14.3 Å². The first kappa shape index (κ1) is 33.2. The molecule has 14 heteroatoms. The van der Waals surface area contributed by atoms with E-state index in [-0.39, 0.29) is 40.0 Å². The highest BCUT2D eigenvalue weighted by Gasteiger charge is 2.29. The number of amides is 1. The van der Waals surface area contributed by atoms with Gasteiger partial charge in [-0.15, -0.1) is 21.5 Å². The Morgan fingerprint density at radius 3 is 2.49 bits per heavy atom. The molecule has 0 radical (unpaired) electrons. The van der Waals surface area contributed by atoms with Crippen LogP contribution in [0.2, 0.25) is 10.3 Å². The SMILES string of the molecule is COC(=O)c1nc(N(CCCc2c(Cl)nnc(Cl)c2C)C(=O)OC(C)(C)C)sc1CCCOc1ccc(I)cc1F. The highest BCUT2D eigenvalue weighted by molar-refractivity contribution is 14.1. The molecule has 0 aliphatic heterocycles. The molecule has 3 aromatic rings. The molecule has 0 saturated carbocycles. The van der Waals surface area contributed by atoms with E-state index in [2.05, 4.69) is 15.2 Å². The number of aryl methyl sites for hydroxylation is 1. The largest absolute Gasteiger partial charge is 0.491 e. The molecule has 0 spiro atoms. The van der Waals surface area contributed by atoms with E-state index < -0.39 is 23.5 Å². The summed E-state index contributed by atoms with van der Waals surface area (Å²) in [5.41, 5.74) is 0.791. The lowest BCUT2D eigenvalue weighted by Gasteiger charge is -2.26. The summed E-state index contributed by atoms with van der Waals surface area (Å²) in [5, 5.41) is 8.47. The molecule has 0 fully saturated rings. The first-order chi connectivity index (χ1) is 19.3. The summed E-state index contributed by atoms with van der Waals surface area (Å²) < 4.78 is 31.0. The first-order valence-corrected chi connectivity index (χ1v) is 15.3. The van der Waals surface area contributed by atoms with Gasteiger partial charge in [0.25, 0.3) is 0 Å². The minimum atomic E-state index is -0.759. The van der Waals surface area contributed by atoms with Crippen LogP contribution in [-0.4, -0.2) is 53.1 Å². The lowest BCUT2D eigenvalue weighted by Crippen LogP contribution is -2.37. The highest BCUT2D eigenvalue weighted by atomic mass is 127. The molecule has 1 aromatic carbocycles. The van der Waals surface area contributed by atoms with E-state index in [1.54, 1.807) is 39.8 Å². The van der Waals surface area contributed by atoms with Crippen molar-refractivity contribution in [2.24, 2.45) is 0 Å². The van der Waals surface area contributed by atoms with Crippen molar-refractivity contribution in [3.8, 4) is 5.75 Å². The molecule has 9 nitrogen and oxygen atoms in total. The Labute approximate surface area is 265 Å². The van der Waals surface area contributed by atoms with Gasteiger partial charge >= 0.3 is 12.1 Å². The van der Waals surface area contributed by atoms with Crippen molar-refractivity contribution in [2.75, 3.05) is 25.2 Å². The van der Waals surface area contributed by atoms with Crippen LogP contribution in [0.25, 0.3) is 0 Å². The van der Waals surface area contributed by atoms with E-state index in [1.807, 2.05) is 22.6 Å². The number of methoxy groups -OCH3 is 1. The molecule has 2 aromatic heterocycles. The van der Waals surface area contributed by atoms with Crippen molar-refractivity contribution in [3.63, 3.8) is 0 Å². The predicted molar refractivity (Wildman–Crippen MR) is 165 cm³/mol. The molecule has 3 rings (SSSR count). The summed E-state index contributed by atoms with van der Waals surface area (Å²) in [4.78, 5) is 32.3. The van der Waals surface area contributed by atoms with Crippen LogP contribution in [0.1, 0.15) is 60.1 Å². The second kappa shape index (κ2) is 14.7. The van der Waals surface area contributed by atoms with E-state index in [4.69, 9.17) is 37.4 Å². The number of halogens is 4. The van der Waals surface area contributed by atoms with Gasteiger partial charge in [-0.25, -0.2) is 19.0 Å². The Morgan fingerprint density at radius 2 is 1.83 bits per heavy atom. The third kappa shape index (κ3) is 9.35. The lowest BCUT2D eigenvalue weighted by molar-refractivity contribution is 0.0569. The minimum Gasteiger partial charge on any atom is -0.491 e. The van der Waals surface area contributed by atoms with Gasteiger partial charge in [0.1, 0.15) is 5.60 Å². The Hall–Kier alpha value is -2.29. The summed E-state index contributed by atoms with van der Waals surface area (Å²) in [6, 6.07) is 4.72. The second-order valence-corrected chi connectivity index (χ2v) is 12.9. The number of anilines is 1. The van der Waals surface area contributed by atoms with Crippen molar-refractivity contribution in [1.29, 1.82) is 0 Å². The molecule has 0 aliphatic carbocycles. The van der Waals surface area contributed by atoms with E-state index in [0.717, 1.165) is 9.13 Å². The highest BCUT2D eigenvalue weighted by Crippen LogP contribution is 2.31. The van der Waals surface area contributed by atoms with Crippen LogP contribution < -0.4 is 9.64 Å². The summed E-state index contributed by atoms with van der Waals surface area (Å²) >= 11 is 15.6. The van der Waals surface area contributed by atoms with Crippen LogP contribution in [0.3, 0.4) is 0 Å². The van der Waals surface area contributed by atoms with Gasteiger partial charge in [0.05, 0.1) is 13.7 Å². The summed E-state index contributed by atoms with van der Waals surface area (Å²) in [6.07, 6.45) is 1.19. The molecule has 222 valence electrons. The van der Waals surface area contributed by atoms with Crippen molar-refractivity contribution in [1.82, 2.24) is 15.2 Å². The molecule has 41 heavy (non-hydrogen) atoms. The average Bonchev–Trinajstić information content (AvgIpc) is 3.31. The van der Waals surface area contributed by atoms with Gasteiger partial charge in [-0.05, 0) is 105 Å². The van der Waals surface area contributed by atoms with Crippen LogP contribution in [0.15, 0.2) is 18.2 Å². The van der Waals surface area contributed by atoms with Gasteiger partial charge in [-0.2, -0.15) is 0 Å².